The second-order valence-corrected chi connectivity index (χ2v) is 15.7. The molecular formula is C58H42N2. The van der Waals surface area contributed by atoms with E-state index in [1.165, 1.54) is 71.6 Å². The number of fused-ring (bicyclic) bond motifs is 3. The fourth-order valence-electron chi connectivity index (χ4n) is 9.50. The Morgan fingerprint density at radius 3 is 1.98 bits per heavy atom. The molecule has 0 fully saturated rings. The standard InChI is InChI=1S/C58H42N2/c1-4-19-41(20-5-1)46-27-10-12-29-48(46)56-50-31-14-15-32-51(50)57(49-30-13-11-28-47(49)42-21-6-2-7-22-42)53-39-44(37-38-52(53)56)40-23-18-24-43(36-35-40)58-59-54-33-16-17-34-55(54)60(58)45-25-8-3-9-26-45/h1-27,29-39,43,47H,28H2. The molecule has 1 heterocycles. The van der Waals surface area contributed by atoms with E-state index in [0.29, 0.717) is 0 Å². The van der Waals surface area contributed by atoms with Gasteiger partial charge >= 0.3 is 0 Å². The van der Waals surface area contributed by atoms with Crippen LogP contribution in [-0.4, -0.2) is 9.55 Å². The topological polar surface area (TPSA) is 17.8 Å². The molecule has 0 saturated heterocycles. The zero-order valence-corrected chi connectivity index (χ0v) is 33.2. The molecule has 2 nitrogen and oxygen atoms in total. The second kappa shape index (κ2) is 15.3. The SMILES string of the molecule is C1=CCC(c2ccccc2)C(c2c3ccccc3c(-c3ccccc3-c3ccccc3)c3ccc(C4=CC=CC(c5nc6ccccc6n5-c5ccccc5)C=C4)cc23)=C1. The number of aromatic nitrogens is 2. The van der Waals surface area contributed by atoms with Gasteiger partial charge in [0.1, 0.15) is 5.82 Å². The summed E-state index contributed by atoms with van der Waals surface area (Å²) in [6, 6.07) is 66.0. The number of imidazole rings is 1. The maximum Gasteiger partial charge on any atom is 0.125 e. The smallest absolute Gasteiger partial charge is 0.125 e. The first kappa shape index (κ1) is 35.6. The Hall–Kier alpha value is -7.55. The molecule has 0 radical (unpaired) electrons. The van der Waals surface area contributed by atoms with Gasteiger partial charge in [-0.3, -0.25) is 4.57 Å². The molecule has 1 aromatic heterocycles. The minimum atomic E-state index is -0.0155. The van der Waals surface area contributed by atoms with Crippen molar-refractivity contribution in [2.75, 3.05) is 0 Å². The fraction of sp³-hybridized carbons (Fsp3) is 0.0517. The number of allylic oxidation sites excluding steroid dienone is 10. The van der Waals surface area contributed by atoms with Crippen LogP contribution in [0.2, 0.25) is 0 Å². The molecule has 2 aliphatic rings. The second-order valence-electron chi connectivity index (χ2n) is 15.7. The molecule has 0 spiro atoms. The number of benzene rings is 8. The molecule has 0 aliphatic heterocycles. The van der Waals surface area contributed by atoms with Gasteiger partial charge in [-0.15, -0.1) is 0 Å². The van der Waals surface area contributed by atoms with Crippen molar-refractivity contribution in [2.45, 2.75) is 18.3 Å². The summed E-state index contributed by atoms with van der Waals surface area (Å²) >= 11 is 0. The third kappa shape index (κ3) is 6.25. The zero-order valence-electron chi connectivity index (χ0n) is 33.2. The average Bonchev–Trinajstić information content (AvgIpc) is 3.54. The van der Waals surface area contributed by atoms with Crippen molar-refractivity contribution in [3.63, 3.8) is 0 Å². The Morgan fingerprint density at radius 1 is 0.500 bits per heavy atom. The lowest BCUT2D eigenvalue weighted by molar-refractivity contribution is 0.876. The van der Waals surface area contributed by atoms with E-state index in [9.17, 15) is 0 Å². The molecule has 0 bridgehead atoms. The quantitative estimate of drug-likeness (QED) is 0.148. The fourth-order valence-corrected chi connectivity index (χ4v) is 9.50. The number of rotatable bonds is 7. The lowest BCUT2D eigenvalue weighted by atomic mass is 9.76. The van der Waals surface area contributed by atoms with Gasteiger partial charge < -0.3 is 0 Å². The minimum absolute atomic E-state index is 0.0155. The van der Waals surface area contributed by atoms with Crippen LogP contribution in [0.4, 0.5) is 0 Å². The van der Waals surface area contributed by atoms with Crippen LogP contribution < -0.4 is 0 Å². The van der Waals surface area contributed by atoms with Crippen molar-refractivity contribution >= 4 is 43.7 Å². The van der Waals surface area contributed by atoms with Gasteiger partial charge in [-0.2, -0.15) is 0 Å². The van der Waals surface area contributed by atoms with Crippen molar-refractivity contribution in [3.8, 4) is 27.9 Å². The molecular weight excluding hydrogens is 725 g/mol. The monoisotopic (exact) mass is 766 g/mol. The summed E-state index contributed by atoms with van der Waals surface area (Å²) in [6.45, 7) is 0. The molecule has 8 aromatic carbocycles. The highest BCUT2D eigenvalue weighted by molar-refractivity contribution is 6.21. The first-order valence-electron chi connectivity index (χ1n) is 21.0. The maximum absolute atomic E-state index is 5.21. The van der Waals surface area contributed by atoms with Crippen molar-refractivity contribution in [1.29, 1.82) is 0 Å². The molecule has 11 rings (SSSR count). The number of hydrogen-bond acceptors (Lipinski definition) is 1. The van der Waals surface area contributed by atoms with E-state index in [-0.39, 0.29) is 11.8 Å². The van der Waals surface area contributed by atoms with Gasteiger partial charge in [0.25, 0.3) is 0 Å². The van der Waals surface area contributed by atoms with Crippen molar-refractivity contribution in [1.82, 2.24) is 9.55 Å². The van der Waals surface area contributed by atoms with E-state index >= 15 is 0 Å². The normalized spacial score (nSPS) is 16.3. The van der Waals surface area contributed by atoms with E-state index < -0.39 is 0 Å². The van der Waals surface area contributed by atoms with E-state index in [2.05, 4.69) is 235 Å². The van der Waals surface area contributed by atoms with E-state index in [1.807, 2.05) is 0 Å². The van der Waals surface area contributed by atoms with Crippen molar-refractivity contribution < 1.29 is 0 Å². The Balaban J connectivity index is 1.11. The predicted octanol–water partition coefficient (Wildman–Crippen LogP) is 15.1. The Labute approximate surface area is 351 Å². The minimum Gasteiger partial charge on any atom is -0.296 e. The highest BCUT2D eigenvalue weighted by Gasteiger charge is 2.26. The van der Waals surface area contributed by atoms with Gasteiger partial charge in [0.15, 0.2) is 0 Å². The van der Waals surface area contributed by atoms with E-state index in [4.69, 9.17) is 4.98 Å². The molecule has 2 aliphatic carbocycles. The van der Waals surface area contributed by atoms with Crippen LogP contribution >= 0.6 is 0 Å². The summed E-state index contributed by atoms with van der Waals surface area (Å²) in [6.07, 6.45) is 19.2. The Kier molecular flexibility index (Phi) is 9.09. The molecule has 2 unspecified atom stereocenters. The lowest BCUT2D eigenvalue weighted by Gasteiger charge is -2.27. The van der Waals surface area contributed by atoms with Crippen LogP contribution in [0, 0.1) is 0 Å². The van der Waals surface area contributed by atoms with Gasteiger partial charge in [-0.1, -0.05) is 200 Å². The zero-order chi connectivity index (χ0) is 39.8. The maximum atomic E-state index is 5.21. The number of hydrogen-bond donors (Lipinski definition) is 0. The molecule has 0 amide bonds. The Bertz CT molecular complexity index is 3210. The largest absolute Gasteiger partial charge is 0.296 e. The third-order valence-corrected chi connectivity index (χ3v) is 12.3. The summed E-state index contributed by atoms with van der Waals surface area (Å²) in [5.41, 5.74) is 14.5. The molecule has 2 heteroatoms. The summed E-state index contributed by atoms with van der Waals surface area (Å²) in [5, 5.41) is 5.05. The van der Waals surface area contributed by atoms with Crippen molar-refractivity contribution in [2.24, 2.45) is 0 Å². The summed E-state index contributed by atoms with van der Waals surface area (Å²) in [5.74, 6) is 1.22. The predicted molar refractivity (Wildman–Crippen MR) is 253 cm³/mol. The first-order valence-corrected chi connectivity index (χ1v) is 21.0. The number of para-hydroxylation sites is 3. The summed E-state index contributed by atoms with van der Waals surface area (Å²) < 4.78 is 2.30. The van der Waals surface area contributed by atoms with Crippen LogP contribution in [-0.2, 0) is 0 Å². The van der Waals surface area contributed by atoms with Crippen LogP contribution in [0.25, 0.3) is 71.7 Å². The molecule has 2 atom stereocenters. The average molecular weight is 767 g/mol. The molecule has 60 heavy (non-hydrogen) atoms. The Morgan fingerprint density at radius 2 is 1.17 bits per heavy atom. The highest BCUT2D eigenvalue weighted by atomic mass is 15.1. The van der Waals surface area contributed by atoms with Gasteiger partial charge in [0.2, 0.25) is 0 Å². The van der Waals surface area contributed by atoms with E-state index in [0.717, 1.165) is 29.0 Å². The third-order valence-electron chi connectivity index (χ3n) is 12.3. The highest BCUT2D eigenvalue weighted by Crippen LogP contribution is 2.49. The van der Waals surface area contributed by atoms with Gasteiger partial charge in [0.05, 0.1) is 17.0 Å². The molecule has 284 valence electrons. The van der Waals surface area contributed by atoms with Gasteiger partial charge in [-0.05, 0) is 108 Å². The van der Waals surface area contributed by atoms with E-state index in [1.54, 1.807) is 0 Å². The number of nitrogens with zero attached hydrogens (tertiary/aromatic N) is 2. The van der Waals surface area contributed by atoms with Crippen LogP contribution in [0.3, 0.4) is 0 Å². The first-order chi connectivity index (χ1) is 29.8. The van der Waals surface area contributed by atoms with Crippen LogP contribution in [0.1, 0.15) is 40.8 Å². The van der Waals surface area contributed by atoms with Gasteiger partial charge in [0, 0.05) is 11.6 Å². The van der Waals surface area contributed by atoms with Crippen molar-refractivity contribution in [3.05, 3.63) is 253 Å². The van der Waals surface area contributed by atoms with Gasteiger partial charge in [-0.25, -0.2) is 4.98 Å². The lowest BCUT2D eigenvalue weighted by Crippen LogP contribution is -2.06. The van der Waals surface area contributed by atoms with Crippen LogP contribution in [0.5, 0.6) is 0 Å². The molecule has 0 saturated carbocycles. The molecule has 0 N–H and O–H groups in total. The van der Waals surface area contributed by atoms with Crippen LogP contribution in [0.15, 0.2) is 231 Å². The summed E-state index contributed by atoms with van der Waals surface area (Å²) in [7, 11) is 0. The molecule has 9 aromatic rings. The summed E-state index contributed by atoms with van der Waals surface area (Å²) in [4.78, 5) is 5.21.